The number of rotatable bonds is 21. The molecular formula is C25H47N3O3. The predicted molar refractivity (Wildman–Crippen MR) is 130 cm³/mol. The number of amides is 2. The van der Waals surface area contributed by atoms with E-state index >= 15 is 0 Å². The normalized spacial score (nSPS) is 12.0. The van der Waals surface area contributed by atoms with Gasteiger partial charge >= 0.3 is 0 Å². The highest BCUT2D eigenvalue weighted by Gasteiger charge is 2.09. The first-order chi connectivity index (χ1) is 15.0. The van der Waals surface area contributed by atoms with Gasteiger partial charge in [-0.15, -0.1) is 0 Å². The second-order valence-electron chi connectivity index (χ2n) is 8.02. The van der Waals surface area contributed by atoms with Gasteiger partial charge in [-0.25, -0.2) is 0 Å². The minimum Gasteiger partial charge on any atom is -0.381 e. The first kappa shape index (κ1) is 29.2. The summed E-state index contributed by atoms with van der Waals surface area (Å²) < 4.78 is 5.50. The number of carbonyl (C=O) groups excluding carboxylic acids is 2. The zero-order valence-corrected chi connectivity index (χ0v) is 20.3. The number of unbranched alkanes of at least 4 members (excludes halogenated alkanes) is 7. The maximum Gasteiger partial charge on any atom is 0.266 e. The summed E-state index contributed by atoms with van der Waals surface area (Å²) in [4.78, 5) is 23.1. The Labute approximate surface area is 190 Å². The molecule has 0 saturated heterocycles. The SMILES string of the molecule is C=C(NCCCC/C=C\CCCCCCCOCC(=O)NC(CC)CCC)C(=O)NC. The van der Waals surface area contributed by atoms with E-state index < -0.39 is 0 Å². The van der Waals surface area contributed by atoms with Crippen LogP contribution in [-0.4, -0.2) is 44.7 Å². The third-order valence-electron chi connectivity index (χ3n) is 5.19. The first-order valence-corrected chi connectivity index (χ1v) is 12.2. The van der Waals surface area contributed by atoms with Gasteiger partial charge in [0.25, 0.3) is 5.91 Å². The van der Waals surface area contributed by atoms with Crippen LogP contribution in [0.1, 0.15) is 90.9 Å². The fourth-order valence-corrected chi connectivity index (χ4v) is 3.25. The molecule has 6 heteroatoms. The maximum atomic E-state index is 11.8. The topological polar surface area (TPSA) is 79.5 Å². The van der Waals surface area contributed by atoms with E-state index in [2.05, 4.69) is 48.5 Å². The molecule has 0 aromatic rings. The van der Waals surface area contributed by atoms with Crippen LogP contribution in [0, 0.1) is 0 Å². The highest BCUT2D eigenvalue weighted by Crippen LogP contribution is 2.07. The van der Waals surface area contributed by atoms with Crippen molar-refractivity contribution < 1.29 is 14.3 Å². The summed E-state index contributed by atoms with van der Waals surface area (Å²) >= 11 is 0. The smallest absolute Gasteiger partial charge is 0.266 e. The predicted octanol–water partition coefficient (Wildman–Crippen LogP) is 4.61. The molecule has 1 unspecified atom stereocenters. The van der Waals surface area contributed by atoms with Gasteiger partial charge in [0.15, 0.2) is 0 Å². The van der Waals surface area contributed by atoms with E-state index in [0.29, 0.717) is 12.3 Å². The molecule has 0 fully saturated rings. The van der Waals surface area contributed by atoms with E-state index in [-0.39, 0.29) is 24.5 Å². The second-order valence-corrected chi connectivity index (χ2v) is 8.02. The molecule has 0 aromatic heterocycles. The van der Waals surface area contributed by atoms with Crippen molar-refractivity contribution in [1.29, 1.82) is 0 Å². The van der Waals surface area contributed by atoms with E-state index in [1.54, 1.807) is 7.05 Å². The third-order valence-corrected chi connectivity index (χ3v) is 5.19. The van der Waals surface area contributed by atoms with E-state index in [1.165, 1.54) is 19.3 Å². The Balaban J connectivity index is 3.38. The lowest BCUT2D eigenvalue weighted by Gasteiger charge is -2.15. The monoisotopic (exact) mass is 437 g/mol. The van der Waals surface area contributed by atoms with Crippen molar-refractivity contribution in [3.8, 4) is 0 Å². The molecule has 0 rings (SSSR count). The number of nitrogens with one attached hydrogen (secondary N) is 3. The molecule has 0 radical (unpaired) electrons. The van der Waals surface area contributed by atoms with Crippen LogP contribution in [-0.2, 0) is 14.3 Å². The van der Waals surface area contributed by atoms with E-state index in [9.17, 15) is 9.59 Å². The molecule has 1 atom stereocenters. The molecule has 2 amide bonds. The van der Waals surface area contributed by atoms with Gasteiger partial charge in [-0.2, -0.15) is 0 Å². The minimum atomic E-state index is -0.150. The summed E-state index contributed by atoms with van der Waals surface area (Å²) in [6.45, 7) is 9.57. The van der Waals surface area contributed by atoms with Crippen LogP contribution in [0.3, 0.4) is 0 Å². The summed E-state index contributed by atoms with van der Waals surface area (Å²) in [5.74, 6) is -0.138. The first-order valence-electron chi connectivity index (χ1n) is 12.2. The fourth-order valence-electron chi connectivity index (χ4n) is 3.25. The van der Waals surface area contributed by atoms with Gasteiger partial charge in [-0.05, 0) is 51.4 Å². The lowest BCUT2D eigenvalue weighted by atomic mass is 10.1. The molecule has 0 aliphatic rings. The van der Waals surface area contributed by atoms with E-state index in [0.717, 1.165) is 64.3 Å². The van der Waals surface area contributed by atoms with Crippen LogP contribution in [0.15, 0.2) is 24.4 Å². The standard InChI is InChI=1S/C25H47N3O3/c1-5-18-23(6-2)28-24(29)21-31-20-17-15-13-11-9-7-8-10-12-14-16-19-27-22(3)25(30)26-4/h8,10,23,27H,3,5-7,9,11-21H2,1-2,4H3,(H,26,30)(H,28,29)/b10-8-. The van der Waals surface area contributed by atoms with E-state index in [4.69, 9.17) is 4.74 Å². The number of allylic oxidation sites excluding steroid dienone is 2. The quantitative estimate of drug-likeness (QED) is 0.139. The summed E-state index contributed by atoms with van der Waals surface area (Å²) in [6.07, 6.45) is 17.9. The Kier molecular flexibility index (Phi) is 20.2. The molecule has 6 nitrogen and oxygen atoms in total. The van der Waals surface area contributed by atoms with Crippen LogP contribution in [0.25, 0.3) is 0 Å². The van der Waals surface area contributed by atoms with Crippen molar-refractivity contribution in [2.24, 2.45) is 0 Å². The molecule has 31 heavy (non-hydrogen) atoms. The Morgan fingerprint density at radius 2 is 1.61 bits per heavy atom. The highest BCUT2D eigenvalue weighted by atomic mass is 16.5. The van der Waals surface area contributed by atoms with Gasteiger partial charge in [0.1, 0.15) is 6.61 Å². The van der Waals surface area contributed by atoms with Crippen LogP contribution >= 0.6 is 0 Å². The summed E-state index contributed by atoms with van der Waals surface area (Å²) in [5.41, 5.74) is 0.433. The molecule has 3 N–H and O–H groups in total. The van der Waals surface area contributed by atoms with Gasteiger partial charge in [0.05, 0.1) is 5.70 Å². The summed E-state index contributed by atoms with van der Waals surface area (Å²) in [5, 5.41) is 8.62. The van der Waals surface area contributed by atoms with Crippen molar-refractivity contribution in [2.45, 2.75) is 96.9 Å². The Bertz CT molecular complexity index is 506. The molecule has 180 valence electrons. The number of hydrogen-bond donors (Lipinski definition) is 3. The lowest BCUT2D eigenvalue weighted by Crippen LogP contribution is -2.36. The van der Waals surface area contributed by atoms with Crippen LogP contribution in [0.2, 0.25) is 0 Å². The summed E-state index contributed by atoms with van der Waals surface area (Å²) in [7, 11) is 1.61. The molecule has 0 aromatic carbocycles. The van der Waals surface area contributed by atoms with Crippen molar-refractivity contribution >= 4 is 11.8 Å². The Hall–Kier alpha value is -1.82. The zero-order valence-electron chi connectivity index (χ0n) is 20.3. The van der Waals surface area contributed by atoms with Gasteiger partial charge < -0.3 is 20.7 Å². The van der Waals surface area contributed by atoms with Crippen molar-refractivity contribution in [3.05, 3.63) is 24.4 Å². The van der Waals surface area contributed by atoms with Crippen LogP contribution in [0.5, 0.6) is 0 Å². The fraction of sp³-hybridized carbons (Fsp3) is 0.760. The Morgan fingerprint density at radius 1 is 0.968 bits per heavy atom. The molecule has 0 aliphatic carbocycles. The number of likely N-dealkylation sites (N-methyl/N-ethyl adjacent to an activating group) is 1. The zero-order chi connectivity index (χ0) is 23.2. The van der Waals surface area contributed by atoms with Gasteiger partial charge in [0.2, 0.25) is 5.91 Å². The molecule has 0 aliphatic heterocycles. The number of carbonyl (C=O) groups is 2. The largest absolute Gasteiger partial charge is 0.381 e. The van der Waals surface area contributed by atoms with Crippen LogP contribution < -0.4 is 16.0 Å². The van der Waals surface area contributed by atoms with Gasteiger partial charge in [-0.1, -0.05) is 58.3 Å². The average molecular weight is 438 g/mol. The molecule has 0 spiro atoms. The van der Waals surface area contributed by atoms with Crippen molar-refractivity contribution in [2.75, 3.05) is 26.8 Å². The molecular weight excluding hydrogens is 390 g/mol. The number of hydrogen-bond acceptors (Lipinski definition) is 4. The van der Waals surface area contributed by atoms with Gasteiger partial charge in [-0.3, -0.25) is 9.59 Å². The second kappa shape index (κ2) is 21.4. The Morgan fingerprint density at radius 3 is 2.26 bits per heavy atom. The number of ether oxygens (including phenoxy) is 1. The van der Waals surface area contributed by atoms with Crippen LogP contribution in [0.4, 0.5) is 0 Å². The van der Waals surface area contributed by atoms with Crippen molar-refractivity contribution in [3.63, 3.8) is 0 Å². The van der Waals surface area contributed by atoms with E-state index in [1.807, 2.05) is 0 Å². The highest BCUT2D eigenvalue weighted by molar-refractivity contribution is 5.91. The molecule has 0 saturated carbocycles. The molecule has 0 heterocycles. The third kappa shape index (κ3) is 18.7. The molecule has 0 bridgehead atoms. The average Bonchev–Trinajstić information content (AvgIpc) is 2.77. The lowest BCUT2D eigenvalue weighted by molar-refractivity contribution is -0.126. The summed E-state index contributed by atoms with van der Waals surface area (Å²) in [6, 6.07) is 0.285. The minimum absolute atomic E-state index is 0.0118. The van der Waals surface area contributed by atoms with Gasteiger partial charge in [0, 0.05) is 26.2 Å². The van der Waals surface area contributed by atoms with Crippen molar-refractivity contribution in [1.82, 2.24) is 16.0 Å². The maximum absolute atomic E-state index is 11.8.